The quantitative estimate of drug-likeness (QED) is 0.0351. The molecule has 0 unspecified atom stereocenters. The van der Waals surface area contributed by atoms with Crippen molar-refractivity contribution in [1.82, 2.24) is 0 Å². The Kier molecular flexibility index (Phi) is 40.3. The summed E-state index contributed by atoms with van der Waals surface area (Å²) >= 11 is 0. The fraction of sp³-hybridized carbons (Fsp3) is 0.936. The van der Waals surface area contributed by atoms with Crippen LogP contribution >= 0.6 is 0 Å². The van der Waals surface area contributed by atoms with Gasteiger partial charge in [0.15, 0.2) is 6.10 Å². The molecule has 0 aromatic heterocycles. The first-order valence-electron chi connectivity index (χ1n) is 23.4. The summed E-state index contributed by atoms with van der Waals surface area (Å²) in [7, 11) is 0. The molecule has 0 N–H and O–H groups in total. The lowest BCUT2D eigenvalue weighted by atomic mass is 10.0. The molecular formula is C47H90O6. The van der Waals surface area contributed by atoms with Crippen LogP contribution in [0.25, 0.3) is 0 Å². The number of carbonyl (C=O) groups is 3. The molecule has 6 heteroatoms. The molecule has 0 aliphatic carbocycles. The molecule has 0 saturated heterocycles. The van der Waals surface area contributed by atoms with Crippen molar-refractivity contribution in [3.63, 3.8) is 0 Å². The van der Waals surface area contributed by atoms with Crippen LogP contribution in [0.2, 0.25) is 0 Å². The Morgan fingerprint density at radius 2 is 0.623 bits per heavy atom. The van der Waals surface area contributed by atoms with E-state index in [-0.39, 0.29) is 31.1 Å². The number of rotatable bonds is 42. The van der Waals surface area contributed by atoms with Crippen LogP contribution in [0.1, 0.15) is 259 Å². The van der Waals surface area contributed by atoms with E-state index in [1.807, 2.05) is 0 Å². The van der Waals surface area contributed by atoms with Gasteiger partial charge in [-0.05, 0) is 25.2 Å². The van der Waals surface area contributed by atoms with Gasteiger partial charge in [-0.15, -0.1) is 0 Å². The molecule has 0 rings (SSSR count). The van der Waals surface area contributed by atoms with Gasteiger partial charge in [0, 0.05) is 19.3 Å². The lowest BCUT2D eigenvalue weighted by Gasteiger charge is -2.18. The van der Waals surface area contributed by atoms with Gasteiger partial charge in [0.2, 0.25) is 0 Å². The van der Waals surface area contributed by atoms with Crippen molar-refractivity contribution >= 4 is 17.9 Å². The van der Waals surface area contributed by atoms with Crippen molar-refractivity contribution in [2.75, 3.05) is 13.2 Å². The molecule has 0 spiro atoms. The van der Waals surface area contributed by atoms with Gasteiger partial charge in [0.25, 0.3) is 0 Å². The van der Waals surface area contributed by atoms with Gasteiger partial charge in [-0.2, -0.15) is 0 Å². The van der Waals surface area contributed by atoms with Crippen LogP contribution in [0.3, 0.4) is 0 Å². The van der Waals surface area contributed by atoms with Crippen LogP contribution in [0, 0.1) is 5.92 Å². The summed E-state index contributed by atoms with van der Waals surface area (Å²) in [4.78, 5) is 37.7. The lowest BCUT2D eigenvalue weighted by Crippen LogP contribution is -2.30. The first-order chi connectivity index (χ1) is 25.9. The van der Waals surface area contributed by atoms with Gasteiger partial charge in [-0.25, -0.2) is 0 Å². The van der Waals surface area contributed by atoms with Crippen LogP contribution in [0.4, 0.5) is 0 Å². The maximum Gasteiger partial charge on any atom is 0.306 e. The highest BCUT2D eigenvalue weighted by Crippen LogP contribution is 2.16. The zero-order valence-electron chi connectivity index (χ0n) is 36.0. The number of unbranched alkanes of at least 4 members (excludes halogenated alkanes) is 29. The summed E-state index contributed by atoms with van der Waals surface area (Å²) in [5.41, 5.74) is 0. The maximum absolute atomic E-state index is 12.7. The van der Waals surface area contributed by atoms with Crippen molar-refractivity contribution in [3.05, 3.63) is 0 Å². The Labute approximate surface area is 329 Å². The molecule has 0 aliphatic heterocycles. The predicted molar refractivity (Wildman–Crippen MR) is 224 cm³/mol. The Morgan fingerprint density at radius 3 is 0.925 bits per heavy atom. The van der Waals surface area contributed by atoms with Gasteiger partial charge in [0.05, 0.1) is 0 Å². The third-order valence-corrected chi connectivity index (χ3v) is 10.5. The van der Waals surface area contributed by atoms with Gasteiger partial charge in [-0.1, -0.05) is 220 Å². The van der Waals surface area contributed by atoms with Gasteiger partial charge in [-0.3, -0.25) is 14.4 Å². The Morgan fingerprint density at radius 1 is 0.358 bits per heavy atom. The molecule has 314 valence electrons. The van der Waals surface area contributed by atoms with Crippen molar-refractivity contribution in [3.8, 4) is 0 Å². The van der Waals surface area contributed by atoms with E-state index in [4.69, 9.17) is 14.2 Å². The van der Waals surface area contributed by atoms with Gasteiger partial charge >= 0.3 is 17.9 Å². The second-order valence-electron chi connectivity index (χ2n) is 16.5. The fourth-order valence-corrected chi connectivity index (χ4v) is 6.98. The standard InChI is InChI=1S/C47H90O6/c1-5-7-9-11-13-15-17-18-24-28-32-36-40-47(50)53-44(41-51-45(48)38-34-30-26-22-16-14-12-10-8-6-2)42-52-46(49)39-35-31-27-23-20-19-21-25-29-33-37-43(3)4/h43-44H,5-42H2,1-4H3/t44-/m0/s1. The van der Waals surface area contributed by atoms with Gasteiger partial charge < -0.3 is 14.2 Å². The zero-order chi connectivity index (χ0) is 38.9. The molecule has 53 heavy (non-hydrogen) atoms. The molecular weight excluding hydrogens is 661 g/mol. The minimum Gasteiger partial charge on any atom is -0.462 e. The summed E-state index contributed by atoms with van der Waals surface area (Å²) in [5.74, 6) is -0.0350. The van der Waals surface area contributed by atoms with Crippen LogP contribution in [0.5, 0.6) is 0 Å². The Bertz CT molecular complexity index is 796. The molecule has 1 atom stereocenters. The first kappa shape index (κ1) is 51.4. The smallest absolute Gasteiger partial charge is 0.306 e. The molecule has 0 fully saturated rings. The SMILES string of the molecule is CCCCCCCCCCCCCCC(=O)O[C@@H](COC(=O)CCCCCCCCCCCC)COC(=O)CCCCCCCCCCCCC(C)C. The minimum absolute atomic E-state index is 0.0637. The van der Waals surface area contributed by atoms with E-state index in [2.05, 4.69) is 27.7 Å². The molecule has 0 saturated carbocycles. The number of hydrogen-bond acceptors (Lipinski definition) is 6. The normalized spacial score (nSPS) is 11.9. The van der Waals surface area contributed by atoms with Crippen LogP contribution in [0.15, 0.2) is 0 Å². The molecule has 0 aliphatic rings. The van der Waals surface area contributed by atoms with Crippen LogP contribution in [-0.4, -0.2) is 37.2 Å². The highest BCUT2D eigenvalue weighted by Gasteiger charge is 2.19. The summed E-state index contributed by atoms with van der Waals surface area (Å²) in [6.45, 7) is 8.98. The molecule has 0 heterocycles. The molecule has 6 nitrogen and oxygen atoms in total. The van der Waals surface area contributed by atoms with Gasteiger partial charge in [0.1, 0.15) is 13.2 Å². The van der Waals surface area contributed by atoms with Crippen molar-refractivity contribution < 1.29 is 28.6 Å². The predicted octanol–water partition coefficient (Wildman–Crippen LogP) is 14.7. The second-order valence-corrected chi connectivity index (χ2v) is 16.5. The van der Waals surface area contributed by atoms with E-state index in [1.165, 1.54) is 154 Å². The Balaban J connectivity index is 4.32. The Hall–Kier alpha value is -1.59. The molecule has 0 amide bonds. The fourth-order valence-electron chi connectivity index (χ4n) is 6.98. The van der Waals surface area contributed by atoms with Crippen molar-refractivity contribution in [2.24, 2.45) is 5.92 Å². The van der Waals surface area contributed by atoms with E-state index in [0.29, 0.717) is 19.3 Å². The van der Waals surface area contributed by atoms with E-state index >= 15 is 0 Å². The highest BCUT2D eigenvalue weighted by molar-refractivity contribution is 5.71. The number of carbonyl (C=O) groups excluding carboxylic acids is 3. The largest absolute Gasteiger partial charge is 0.462 e. The average molecular weight is 751 g/mol. The summed E-state index contributed by atoms with van der Waals surface area (Å²) in [6, 6.07) is 0. The third kappa shape index (κ3) is 41.4. The molecule has 0 aromatic carbocycles. The van der Waals surface area contributed by atoms with Crippen LogP contribution in [-0.2, 0) is 28.6 Å². The van der Waals surface area contributed by atoms with Crippen molar-refractivity contribution in [1.29, 1.82) is 0 Å². The van der Waals surface area contributed by atoms with Crippen LogP contribution < -0.4 is 0 Å². The lowest BCUT2D eigenvalue weighted by molar-refractivity contribution is -0.167. The highest BCUT2D eigenvalue weighted by atomic mass is 16.6. The van der Waals surface area contributed by atoms with E-state index in [1.54, 1.807) is 0 Å². The minimum atomic E-state index is -0.759. The average Bonchev–Trinajstić information content (AvgIpc) is 3.14. The second kappa shape index (κ2) is 41.6. The monoisotopic (exact) mass is 751 g/mol. The summed E-state index contributed by atoms with van der Waals surface area (Å²) < 4.78 is 16.7. The summed E-state index contributed by atoms with van der Waals surface area (Å²) in [5, 5.41) is 0. The molecule has 0 aromatic rings. The van der Waals surface area contributed by atoms with E-state index in [9.17, 15) is 14.4 Å². The molecule has 0 radical (unpaired) electrons. The van der Waals surface area contributed by atoms with E-state index in [0.717, 1.165) is 63.7 Å². The maximum atomic E-state index is 12.7. The van der Waals surface area contributed by atoms with Crippen molar-refractivity contribution in [2.45, 2.75) is 265 Å². The first-order valence-corrected chi connectivity index (χ1v) is 23.4. The summed E-state index contributed by atoms with van der Waals surface area (Å²) in [6.07, 6.45) is 40.8. The topological polar surface area (TPSA) is 78.9 Å². The number of ether oxygens (including phenoxy) is 3. The number of hydrogen-bond donors (Lipinski definition) is 0. The molecule has 0 bridgehead atoms. The number of esters is 3. The third-order valence-electron chi connectivity index (χ3n) is 10.5. The van der Waals surface area contributed by atoms with E-state index < -0.39 is 6.10 Å². The zero-order valence-corrected chi connectivity index (χ0v) is 36.0.